The number of imidazole rings is 1. The van der Waals surface area contributed by atoms with Gasteiger partial charge in [0.1, 0.15) is 11.2 Å². The number of aromatic nitrogens is 4. The largest absolute Gasteiger partial charge is 0.391 e. The molecule has 2 fully saturated rings. The first-order valence-corrected chi connectivity index (χ1v) is 13.0. The van der Waals surface area contributed by atoms with E-state index in [9.17, 15) is 18.7 Å². The molecule has 2 aliphatic carbocycles. The van der Waals surface area contributed by atoms with Crippen molar-refractivity contribution in [2.45, 2.75) is 69.6 Å². The van der Waals surface area contributed by atoms with Crippen molar-refractivity contribution in [1.29, 1.82) is 0 Å². The Morgan fingerprint density at radius 3 is 2.46 bits per heavy atom. The highest BCUT2D eigenvalue weighted by Gasteiger charge is 2.31. The van der Waals surface area contributed by atoms with Gasteiger partial charge in [-0.05, 0) is 50.7 Å². The summed E-state index contributed by atoms with van der Waals surface area (Å²) in [5, 5.41) is 13.3. The van der Waals surface area contributed by atoms with Crippen molar-refractivity contribution in [1.82, 2.24) is 19.5 Å². The Morgan fingerprint density at radius 1 is 1.14 bits per heavy atom. The number of hydrogen-bond donors (Lipinski definition) is 3. The molecule has 0 saturated heterocycles. The Labute approximate surface area is 218 Å². The van der Waals surface area contributed by atoms with E-state index in [1.807, 2.05) is 16.5 Å². The SMILES string of the molecule is CN(c1ncc2nc(Nc3c(F)cc(Cl)cc3F)n(C3CCC(C(N)=O)CC3)c2n1)[C@H]1CCCC[C@@H]1O. The maximum absolute atomic E-state index is 14.6. The highest BCUT2D eigenvalue weighted by Crippen LogP contribution is 2.38. The lowest BCUT2D eigenvalue weighted by Gasteiger charge is -2.35. The van der Waals surface area contributed by atoms with E-state index in [4.69, 9.17) is 22.3 Å². The summed E-state index contributed by atoms with van der Waals surface area (Å²) in [6.45, 7) is 0. The number of amides is 1. The summed E-state index contributed by atoms with van der Waals surface area (Å²) in [6.07, 6.45) is 7.09. The second kappa shape index (κ2) is 10.4. The molecule has 2 saturated carbocycles. The van der Waals surface area contributed by atoms with Gasteiger partial charge in [-0.2, -0.15) is 4.98 Å². The van der Waals surface area contributed by atoms with E-state index < -0.39 is 17.7 Å². The predicted molar refractivity (Wildman–Crippen MR) is 137 cm³/mol. The van der Waals surface area contributed by atoms with E-state index in [0.29, 0.717) is 42.8 Å². The first-order valence-electron chi connectivity index (χ1n) is 12.6. The topological polar surface area (TPSA) is 122 Å². The second-order valence-electron chi connectivity index (χ2n) is 9.99. The van der Waals surface area contributed by atoms with Gasteiger partial charge in [0.25, 0.3) is 0 Å². The van der Waals surface area contributed by atoms with Crippen molar-refractivity contribution in [3.05, 3.63) is 35.0 Å². The standard InChI is InChI=1S/C25H30ClF2N7O2/c1-34(19-4-2-3-5-20(19)36)24-30-12-18-23(33-24)35(15-8-6-13(7-9-15)22(29)37)25(31-18)32-21-16(27)10-14(26)11-17(21)28/h10-13,15,19-20,36H,2-9H2,1H3,(H2,29,37)(H,31,32)/t13?,15?,19-,20-/m0/s1. The Kier molecular flexibility index (Phi) is 7.17. The quantitative estimate of drug-likeness (QED) is 0.427. The van der Waals surface area contributed by atoms with E-state index in [-0.39, 0.29) is 40.6 Å². The number of fused-ring (bicyclic) bond motifs is 1. The molecule has 0 spiro atoms. The van der Waals surface area contributed by atoms with Crippen LogP contribution in [0.2, 0.25) is 5.02 Å². The van der Waals surface area contributed by atoms with Crippen molar-refractivity contribution in [2.75, 3.05) is 17.3 Å². The fourth-order valence-corrected chi connectivity index (χ4v) is 5.76. The molecule has 2 heterocycles. The van der Waals surface area contributed by atoms with Crippen LogP contribution in [0.4, 0.5) is 26.4 Å². The number of nitrogens with one attached hydrogen (secondary N) is 1. The molecule has 0 unspecified atom stereocenters. The molecule has 1 amide bonds. The number of carbonyl (C=O) groups excluding carboxylic acids is 1. The van der Waals surface area contributed by atoms with Gasteiger partial charge in [0.05, 0.1) is 18.3 Å². The van der Waals surface area contributed by atoms with Gasteiger partial charge in [-0.25, -0.2) is 18.7 Å². The summed E-state index contributed by atoms with van der Waals surface area (Å²) in [6, 6.07) is 1.82. The van der Waals surface area contributed by atoms with E-state index in [1.54, 1.807) is 6.20 Å². The zero-order valence-corrected chi connectivity index (χ0v) is 21.3. The van der Waals surface area contributed by atoms with Crippen LogP contribution in [0, 0.1) is 17.6 Å². The summed E-state index contributed by atoms with van der Waals surface area (Å²) >= 11 is 5.80. The van der Waals surface area contributed by atoms with Gasteiger partial charge in [-0.3, -0.25) is 9.36 Å². The minimum Gasteiger partial charge on any atom is -0.391 e. The van der Waals surface area contributed by atoms with Crippen LogP contribution >= 0.6 is 11.6 Å². The monoisotopic (exact) mass is 533 g/mol. The number of carbonyl (C=O) groups is 1. The van der Waals surface area contributed by atoms with Gasteiger partial charge < -0.3 is 21.1 Å². The second-order valence-corrected chi connectivity index (χ2v) is 10.4. The number of aliphatic hydroxyl groups excluding tert-OH is 1. The lowest BCUT2D eigenvalue weighted by Crippen LogP contribution is -2.44. The summed E-state index contributed by atoms with van der Waals surface area (Å²) in [5.41, 5.74) is 6.11. The molecular formula is C25H30ClF2N7O2. The smallest absolute Gasteiger partial charge is 0.227 e. The number of rotatable bonds is 6. The number of anilines is 3. The lowest BCUT2D eigenvalue weighted by molar-refractivity contribution is -0.122. The number of benzene rings is 1. The van der Waals surface area contributed by atoms with Crippen molar-refractivity contribution < 1.29 is 18.7 Å². The first kappa shape index (κ1) is 25.6. The number of likely N-dealkylation sites (N-methyl/N-ethyl adjacent to an activating group) is 1. The molecule has 2 atom stereocenters. The Morgan fingerprint density at radius 2 is 1.81 bits per heavy atom. The summed E-state index contributed by atoms with van der Waals surface area (Å²) in [5.74, 6) is -1.59. The van der Waals surface area contributed by atoms with Gasteiger partial charge in [0.15, 0.2) is 17.3 Å². The van der Waals surface area contributed by atoms with Crippen LogP contribution in [0.3, 0.4) is 0 Å². The zero-order chi connectivity index (χ0) is 26.3. The van der Waals surface area contributed by atoms with Crippen LogP contribution in [0.15, 0.2) is 18.3 Å². The van der Waals surface area contributed by atoms with E-state index in [1.165, 1.54) is 0 Å². The van der Waals surface area contributed by atoms with Crippen molar-refractivity contribution in [2.24, 2.45) is 11.7 Å². The maximum Gasteiger partial charge on any atom is 0.227 e. The number of primary amides is 1. The molecule has 37 heavy (non-hydrogen) atoms. The zero-order valence-electron chi connectivity index (χ0n) is 20.5. The number of nitrogens with two attached hydrogens (primary N) is 1. The van der Waals surface area contributed by atoms with Crippen LogP contribution in [0.1, 0.15) is 57.4 Å². The maximum atomic E-state index is 14.6. The van der Waals surface area contributed by atoms with Crippen LogP contribution < -0.4 is 16.0 Å². The van der Waals surface area contributed by atoms with Gasteiger partial charge in [-0.15, -0.1) is 0 Å². The van der Waals surface area contributed by atoms with Crippen LogP contribution in [0.25, 0.3) is 11.2 Å². The van der Waals surface area contributed by atoms with Crippen LogP contribution in [-0.2, 0) is 4.79 Å². The Balaban J connectivity index is 1.56. The van der Waals surface area contributed by atoms with Crippen molar-refractivity contribution in [3.63, 3.8) is 0 Å². The number of hydrogen-bond acceptors (Lipinski definition) is 7. The Bertz CT molecular complexity index is 1290. The molecule has 1 aromatic carbocycles. The molecule has 2 aromatic heterocycles. The van der Waals surface area contributed by atoms with Crippen molar-refractivity contribution >= 4 is 46.3 Å². The van der Waals surface area contributed by atoms with Gasteiger partial charge >= 0.3 is 0 Å². The number of nitrogens with zero attached hydrogens (tertiary/aromatic N) is 5. The molecule has 0 aliphatic heterocycles. The number of halogens is 3. The fraction of sp³-hybridized carbons (Fsp3) is 0.520. The van der Waals surface area contributed by atoms with Gasteiger partial charge in [0, 0.05) is 24.0 Å². The molecule has 2 aliphatic rings. The molecule has 9 nitrogen and oxygen atoms in total. The highest BCUT2D eigenvalue weighted by molar-refractivity contribution is 6.30. The molecule has 0 radical (unpaired) electrons. The third-order valence-corrected chi connectivity index (χ3v) is 7.85. The summed E-state index contributed by atoms with van der Waals surface area (Å²) < 4.78 is 31.1. The van der Waals surface area contributed by atoms with E-state index in [2.05, 4.69) is 15.3 Å². The van der Waals surface area contributed by atoms with Crippen LogP contribution in [0.5, 0.6) is 0 Å². The minimum atomic E-state index is -0.848. The molecule has 5 rings (SSSR count). The lowest BCUT2D eigenvalue weighted by atomic mass is 9.85. The molecule has 3 aromatic rings. The average Bonchev–Trinajstić information content (AvgIpc) is 3.23. The van der Waals surface area contributed by atoms with E-state index in [0.717, 1.165) is 37.8 Å². The predicted octanol–water partition coefficient (Wildman–Crippen LogP) is 4.46. The molecule has 198 valence electrons. The van der Waals surface area contributed by atoms with E-state index >= 15 is 0 Å². The minimum absolute atomic E-state index is 0.0535. The third-order valence-electron chi connectivity index (χ3n) is 7.63. The summed E-state index contributed by atoms with van der Waals surface area (Å²) in [4.78, 5) is 27.5. The molecule has 12 heteroatoms. The third kappa shape index (κ3) is 5.06. The average molecular weight is 534 g/mol. The van der Waals surface area contributed by atoms with Crippen LogP contribution in [-0.4, -0.2) is 49.7 Å². The molecule has 4 N–H and O–H groups in total. The number of aliphatic hydroxyl groups is 1. The van der Waals surface area contributed by atoms with Crippen molar-refractivity contribution in [3.8, 4) is 0 Å². The van der Waals surface area contributed by atoms with Gasteiger partial charge in [-0.1, -0.05) is 24.4 Å². The molecule has 0 bridgehead atoms. The molecular weight excluding hydrogens is 504 g/mol. The first-order chi connectivity index (χ1) is 17.7. The normalized spacial score (nSPS) is 24.2. The van der Waals surface area contributed by atoms with Gasteiger partial charge in [0.2, 0.25) is 17.8 Å². The Hall–Kier alpha value is -3.05. The summed E-state index contributed by atoms with van der Waals surface area (Å²) in [7, 11) is 1.86. The fourth-order valence-electron chi connectivity index (χ4n) is 5.57. The highest BCUT2D eigenvalue weighted by atomic mass is 35.5.